The van der Waals surface area contributed by atoms with E-state index in [2.05, 4.69) is 0 Å². The Hall–Kier alpha value is -2.77. The summed E-state index contributed by atoms with van der Waals surface area (Å²) in [5, 5.41) is 47.7. The quantitative estimate of drug-likeness (QED) is 0.250. The minimum atomic E-state index is -4.54. The topological polar surface area (TPSA) is 181 Å². The number of sulfone groups is 1. The zero-order valence-corrected chi connectivity index (χ0v) is 15.3. The van der Waals surface area contributed by atoms with Crippen molar-refractivity contribution in [1.82, 2.24) is 5.32 Å². The number of hydrogen-bond donors (Lipinski definition) is 6. The first-order chi connectivity index (χ1) is 13.4. The van der Waals surface area contributed by atoms with E-state index in [4.69, 9.17) is 5.11 Å². The smallest absolute Gasteiger partial charge is 0.480 e. The predicted molar refractivity (Wildman–Crippen MR) is 97.9 cm³/mol. The van der Waals surface area contributed by atoms with E-state index in [1.54, 1.807) is 0 Å². The van der Waals surface area contributed by atoms with Crippen molar-refractivity contribution in [3.05, 3.63) is 47.8 Å². The van der Waals surface area contributed by atoms with Crippen LogP contribution in [-0.2, 0) is 14.6 Å². The van der Waals surface area contributed by atoms with Gasteiger partial charge in [-0.15, -0.1) is 0 Å². The fraction of sp³-hybridized carbons (Fsp3) is 0.0667. The minimum Gasteiger partial charge on any atom is -0.480 e. The number of aliphatic carboxylic acids is 1. The first-order valence-corrected chi connectivity index (χ1v) is 9.33. The fourth-order valence-electron chi connectivity index (χ4n) is 2.34. The van der Waals surface area contributed by atoms with Crippen LogP contribution in [0.4, 0.5) is 4.39 Å². The van der Waals surface area contributed by atoms with Gasteiger partial charge in [0.25, 0.3) is 5.91 Å². The molecular formula is C15H14B2FNO9S. The highest BCUT2D eigenvalue weighted by Crippen LogP contribution is 2.21. The van der Waals surface area contributed by atoms with Crippen LogP contribution in [0.3, 0.4) is 0 Å². The lowest BCUT2D eigenvalue weighted by Crippen LogP contribution is -2.34. The summed E-state index contributed by atoms with van der Waals surface area (Å²) in [7, 11) is -8.86. The predicted octanol–water partition coefficient (Wildman–Crippen LogP) is -3.17. The van der Waals surface area contributed by atoms with Gasteiger partial charge >= 0.3 is 20.2 Å². The van der Waals surface area contributed by atoms with Crippen molar-refractivity contribution in [2.45, 2.75) is 9.79 Å². The Morgan fingerprint density at radius 3 is 1.93 bits per heavy atom. The van der Waals surface area contributed by atoms with Gasteiger partial charge in [-0.3, -0.25) is 9.59 Å². The SMILES string of the molecule is O=C(O)CNC(=O)c1cc(B(O)O)cc(S(=O)(=O)c2cc(F)cc(B(O)O)c2)c1. The van der Waals surface area contributed by atoms with Crippen molar-refractivity contribution in [2.75, 3.05) is 6.54 Å². The molecule has 0 aliphatic carbocycles. The van der Waals surface area contributed by atoms with Gasteiger partial charge in [0.1, 0.15) is 12.4 Å². The molecule has 6 N–H and O–H groups in total. The van der Waals surface area contributed by atoms with Crippen molar-refractivity contribution in [1.29, 1.82) is 0 Å². The van der Waals surface area contributed by atoms with Crippen LogP contribution in [0.25, 0.3) is 0 Å². The van der Waals surface area contributed by atoms with Crippen LogP contribution in [0.1, 0.15) is 10.4 Å². The van der Waals surface area contributed by atoms with Crippen LogP contribution in [-0.4, -0.2) is 66.3 Å². The maximum atomic E-state index is 13.7. The fourth-order valence-corrected chi connectivity index (χ4v) is 3.74. The molecule has 0 unspecified atom stereocenters. The van der Waals surface area contributed by atoms with Crippen molar-refractivity contribution in [3.8, 4) is 0 Å². The number of amides is 1. The lowest BCUT2D eigenvalue weighted by Gasteiger charge is -2.12. The number of rotatable bonds is 7. The Morgan fingerprint density at radius 2 is 1.41 bits per heavy atom. The Balaban J connectivity index is 2.60. The molecule has 0 aromatic heterocycles. The summed E-state index contributed by atoms with van der Waals surface area (Å²) < 4.78 is 39.5. The molecule has 0 bridgehead atoms. The number of halogens is 1. The van der Waals surface area contributed by atoms with Gasteiger partial charge in [0.2, 0.25) is 9.84 Å². The molecule has 0 aliphatic heterocycles. The molecule has 0 heterocycles. The van der Waals surface area contributed by atoms with Gasteiger partial charge in [-0.1, -0.05) is 0 Å². The standard InChI is InChI=1S/C15H14B2FNO9S/c18-11-3-10(17(25)26)5-13(6-11)29(27,28)12-2-8(1-9(4-12)16(23)24)15(22)19-7-14(20)21/h1-6,23-26H,7H2,(H,19,22)(H,20,21). The first kappa shape index (κ1) is 22.5. The van der Waals surface area contributed by atoms with Crippen molar-refractivity contribution in [2.24, 2.45) is 0 Å². The average molecular weight is 425 g/mol. The molecule has 0 radical (unpaired) electrons. The summed E-state index contributed by atoms with van der Waals surface area (Å²) in [5.74, 6) is -3.44. The Bertz CT molecular complexity index is 1060. The van der Waals surface area contributed by atoms with Crippen LogP contribution in [0, 0.1) is 5.82 Å². The maximum Gasteiger partial charge on any atom is 0.488 e. The number of carboxylic acid groups (broad SMARTS) is 1. The van der Waals surface area contributed by atoms with Crippen LogP contribution in [0.2, 0.25) is 0 Å². The normalized spacial score (nSPS) is 11.1. The second-order valence-electron chi connectivity index (χ2n) is 5.84. The molecule has 0 saturated heterocycles. The first-order valence-electron chi connectivity index (χ1n) is 7.84. The molecule has 29 heavy (non-hydrogen) atoms. The summed E-state index contributed by atoms with van der Waals surface area (Å²) in [4.78, 5) is 21.3. The van der Waals surface area contributed by atoms with Crippen molar-refractivity contribution >= 4 is 46.9 Å². The zero-order valence-electron chi connectivity index (χ0n) is 14.5. The molecule has 1 amide bonds. The van der Waals surface area contributed by atoms with Gasteiger partial charge in [-0.05, 0) is 47.3 Å². The molecular weight excluding hydrogens is 411 g/mol. The summed E-state index contributed by atoms with van der Waals surface area (Å²) in [6.45, 7) is -0.769. The molecule has 2 aromatic rings. The number of nitrogens with one attached hydrogen (secondary N) is 1. The number of hydrogen-bond acceptors (Lipinski definition) is 8. The molecule has 0 fully saturated rings. The van der Waals surface area contributed by atoms with E-state index in [1.807, 2.05) is 5.32 Å². The van der Waals surface area contributed by atoms with Gasteiger partial charge in [-0.2, -0.15) is 0 Å². The van der Waals surface area contributed by atoms with Crippen molar-refractivity contribution < 1.29 is 47.6 Å². The summed E-state index contributed by atoms with van der Waals surface area (Å²) in [6, 6.07) is 4.72. The van der Waals surface area contributed by atoms with E-state index in [0.29, 0.717) is 12.1 Å². The second kappa shape index (κ2) is 8.71. The summed E-state index contributed by atoms with van der Waals surface area (Å²) in [5.41, 5.74) is -1.24. The number of carbonyl (C=O) groups excluding carboxylic acids is 1. The molecule has 2 aromatic carbocycles. The van der Waals surface area contributed by atoms with E-state index >= 15 is 0 Å². The third kappa shape index (κ3) is 5.40. The highest BCUT2D eigenvalue weighted by molar-refractivity contribution is 7.91. The molecule has 0 atom stereocenters. The van der Waals surface area contributed by atoms with Crippen LogP contribution >= 0.6 is 0 Å². The van der Waals surface area contributed by atoms with E-state index in [1.165, 1.54) is 0 Å². The average Bonchev–Trinajstić information content (AvgIpc) is 2.64. The van der Waals surface area contributed by atoms with E-state index in [-0.39, 0.29) is 0 Å². The Morgan fingerprint density at radius 1 is 0.897 bits per heavy atom. The van der Waals surface area contributed by atoms with E-state index in [9.17, 15) is 42.5 Å². The third-order valence-electron chi connectivity index (χ3n) is 3.70. The van der Waals surface area contributed by atoms with Gasteiger partial charge < -0.3 is 30.5 Å². The van der Waals surface area contributed by atoms with Gasteiger partial charge in [0.15, 0.2) is 0 Å². The highest BCUT2D eigenvalue weighted by atomic mass is 32.2. The molecule has 0 saturated carbocycles. The summed E-state index contributed by atoms with van der Waals surface area (Å²) >= 11 is 0. The molecule has 152 valence electrons. The molecule has 0 spiro atoms. The maximum absolute atomic E-state index is 13.7. The second-order valence-corrected chi connectivity index (χ2v) is 7.79. The van der Waals surface area contributed by atoms with Gasteiger partial charge in [-0.25, -0.2) is 12.8 Å². The van der Waals surface area contributed by atoms with E-state index < -0.39 is 74.6 Å². The number of carboxylic acids is 1. The zero-order chi connectivity index (χ0) is 21.9. The third-order valence-corrected chi connectivity index (χ3v) is 5.41. The number of carbonyl (C=O) groups is 2. The van der Waals surface area contributed by atoms with Crippen molar-refractivity contribution in [3.63, 3.8) is 0 Å². The van der Waals surface area contributed by atoms with Gasteiger partial charge in [0.05, 0.1) is 9.79 Å². The summed E-state index contributed by atoms with van der Waals surface area (Å²) in [6.07, 6.45) is 0. The number of benzene rings is 2. The van der Waals surface area contributed by atoms with Crippen LogP contribution < -0.4 is 16.2 Å². The Labute approximate surface area is 164 Å². The lowest BCUT2D eigenvalue weighted by atomic mass is 9.79. The molecule has 10 nitrogen and oxygen atoms in total. The molecule has 0 aliphatic rings. The van der Waals surface area contributed by atoms with Gasteiger partial charge in [0, 0.05) is 5.56 Å². The monoisotopic (exact) mass is 425 g/mol. The minimum absolute atomic E-state index is 0.394. The molecule has 2 rings (SSSR count). The van der Waals surface area contributed by atoms with Crippen LogP contribution in [0.5, 0.6) is 0 Å². The highest BCUT2D eigenvalue weighted by Gasteiger charge is 2.26. The lowest BCUT2D eigenvalue weighted by molar-refractivity contribution is -0.135. The van der Waals surface area contributed by atoms with Crippen LogP contribution in [0.15, 0.2) is 46.2 Å². The Kier molecular flexibility index (Phi) is 6.77. The van der Waals surface area contributed by atoms with E-state index in [0.717, 1.165) is 24.3 Å². The molecule has 14 heteroatoms. The largest absolute Gasteiger partial charge is 0.488 e.